The molecule has 2 aromatic heterocycles. The summed E-state index contributed by atoms with van der Waals surface area (Å²) in [5.74, 6) is 2.46. The van der Waals surface area contributed by atoms with E-state index in [-0.39, 0.29) is 34.8 Å². The summed E-state index contributed by atoms with van der Waals surface area (Å²) in [6.07, 6.45) is 3.76. The van der Waals surface area contributed by atoms with Crippen LogP contribution < -0.4 is 46.2 Å². The SMILES string of the molecule is COc1cc(N2CCC(N3CCN(C)CC3)CC2)ccc1Nc1nc(C)c(Cl)c(Nc2ccccc2P(C)(C)=O)n1.COc1cc(P(C)(C)=O)ccc1Nc1ncc(Cl)c(Nc2ccccc2S(=O)(=O)N2CCOCC2)n1. The van der Waals surface area contributed by atoms with Gasteiger partial charge in [-0.3, -0.25) is 4.90 Å². The molecule has 412 valence electrons. The number of rotatable bonds is 16. The van der Waals surface area contributed by atoms with Crippen molar-refractivity contribution >= 4 is 110 Å². The standard InChI is InChI=1S/C30H41ClN7O2P.C23H27ClN5O5PS/c1-21-28(31)29(33-25-8-6-7-9-27(25)41(4,5)39)35-30(32-21)34-24-11-10-23(20-26(24)40-3)37-14-12-22(13-15-37)38-18-16-36(2)17-19-38;1-33-20-14-16(35(2,3)30)8-9-18(20)27-23-25-15-17(24)22(28-23)26-19-6-4-5-7-21(19)36(31,32)29-10-12-34-13-11-29/h6-11,20,22H,12-19H2,1-5H3,(H2,32,33,34,35);4-9,14-15H,10-13H2,1-3H3,(H2,25,26,27,28). The van der Waals surface area contributed by atoms with Crippen molar-refractivity contribution in [1.82, 2.24) is 34.0 Å². The number of para-hydroxylation sites is 2. The first kappa shape index (κ1) is 57.6. The van der Waals surface area contributed by atoms with Crippen LogP contribution >= 0.6 is 37.5 Å². The van der Waals surface area contributed by atoms with Crippen LogP contribution in [-0.4, -0.2) is 162 Å². The summed E-state index contributed by atoms with van der Waals surface area (Å²) in [6.45, 7) is 16.7. The maximum Gasteiger partial charge on any atom is 0.245 e. The van der Waals surface area contributed by atoms with E-state index in [0.29, 0.717) is 69.9 Å². The van der Waals surface area contributed by atoms with Crippen molar-refractivity contribution in [3.63, 3.8) is 0 Å². The molecule has 0 radical (unpaired) electrons. The molecule has 3 aliphatic heterocycles. The lowest BCUT2D eigenvalue weighted by atomic mass is 10.0. The smallest absolute Gasteiger partial charge is 0.245 e. The summed E-state index contributed by atoms with van der Waals surface area (Å²) in [5.41, 5.74) is 4.16. The van der Waals surface area contributed by atoms with E-state index in [0.717, 1.165) is 48.6 Å². The van der Waals surface area contributed by atoms with E-state index < -0.39 is 24.3 Å². The fraction of sp³-hybridized carbons (Fsp3) is 0.396. The van der Waals surface area contributed by atoms with E-state index in [2.05, 4.69) is 75.1 Å². The van der Waals surface area contributed by atoms with Gasteiger partial charge in [-0.25, -0.2) is 18.4 Å². The van der Waals surface area contributed by atoms with Crippen molar-refractivity contribution in [2.45, 2.75) is 30.7 Å². The number of hydrogen-bond donors (Lipinski definition) is 4. The Morgan fingerprint density at radius 1 is 0.662 bits per heavy atom. The number of piperazine rings is 1. The van der Waals surface area contributed by atoms with E-state index in [1.165, 1.54) is 49.6 Å². The van der Waals surface area contributed by atoms with Crippen LogP contribution in [0.1, 0.15) is 18.5 Å². The fourth-order valence-corrected chi connectivity index (χ4v) is 13.1. The van der Waals surface area contributed by atoms with E-state index in [4.69, 9.17) is 37.4 Å². The van der Waals surface area contributed by atoms with Crippen LogP contribution in [0.4, 0.5) is 52.0 Å². The van der Waals surface area contributed by atoms with Gasteiger partial charge in [-0.15, -0.1) is 0 Å². The number of aryl methyl sites for hydroxylation is 1. The molecular formula is C53H68Cl2N12O7P2S. The van der Waals surface area contributed by atoms with Crippen LogP contribution in [0, 0.1) is 6.92 Å². The highest BCUT2D eigenvalue weighted by atomic mass is 35.5. The molecule has 0 unspecified atom stereocenters. The lowest BCUT2D eigenvalue weighted by molar-refractivity contribution is 0.0730. The zero-order valence-corrected chi connectivity index (χ0v) is 48.8. The molecule has 3 saturated heterocycles. The number of aromatic nitrogens is 4. The Bertz CT molecular complexity index is 3260. The molecule has 19 nitrogen and oxygen atoms in total. The number of likely N-dealkylation sites (N-methyl/N-ethyl adjacent to an activating group) is 1. The summed E-state index contributed by atoms with van der Waals surface area (Å²) in [7, 11) is -3.34. The molecule has 3 aliphatic rings. The minimum Gasteiger partial charge on any atom is -0.495 e. The Balaban J connectivity index is 0.000000205. The minimum atomic E-state index is -3.76. The molecule has 0 bridgehead atoms. The highest BCUT2D eigenvalue weighted by Gasteiger charge is 2.30. The number of halogens is 2. The molecule has 0 aliphatic carbocycles. The van der Waals surface area contributed by atoms with Gasteiger partial charge in [0.25, 0.3) is 0 Å². The Morgan fingerprint density at radius 2 is 1.26 bits per heavy atom. The van der Waals surface area contributed by atoms with Gasteiger partial charge < -0.3 is 54.4 Å². The van der Waals surface area contributed by atoms with E-state index >= 15 is 0 Å². The third-order valence-corrected chi connectivity index (χ3v) is 19.4. The Hall–Kier alpha value is -5.53. The third kappa shape index (κ3) is 14.4. The molecule has 3 fully saturated rings. The van der Waals surface area contributed by atoms with Crippen molar-refractivity contribution in [1.29, 1.82) is 0 Å². The number of piperidine rings is 1. The van der Waals surface area contributed by atoms with Crippen LogP contribution in [0.15, 0.2) is 96.0 Å². The van der Waals surface area contributed by atoms with Gasteiger partial charge in [0.15, 0.2) is 11.6 Å². The predicted molar refractivity (Wildman–Crippen MR) is 313 cm³/mol. The summed E-state index contributed by atoms with van der Waals surface area (Å²) >= 11 is 12.9. The van der Waals surface area contributed by atoms with Gasteiger partial charge in [-0.1, -0.05) is 47.5 Å². The van der Waals surface area contributed by atoms with Gasteiger partial charge in [0, 0.05) is 80.8 Å². The highest BCUT2D eigenvalue weighted by Crippen LogP contribution is 2.41. The summed E-state index contributed by atoms with van der Waals surface area (Å²) < 4.78 is 69.8. The molecule has 0 spiro atoms. The predicted octanol–water partition coefficient (Wildman–Crippen LogP) is 9.29. The quantitative estimate of drug-likeness (QED) is 0.0666. The maximum absolute atomic E-state index is 13.3. The molecule has 0 amide bonds. The Morgan fingerprint density at radius 3 is 1.92 bits per heavy atom. The zero-order chi connectivity index (χ0) is 55.1. The van der Waals surface area contributed by atoms with E-state index in [9.17, 15) is 17.5 Å². The maximum atomic E-state index is 13.3. The third-order valence-electron chi connectivity index (χ3n) is 13.6. The largest absolute Gasteiger partial charge is 0.495 e. The van der Waals surface area contributed by atoms with Gasteiger partial charge >= 0.3 is 0 Å². The minimum absolute atomic E-state index is 0.108. The number of morpholine rings is 1. The van der Waals surface area contributed by atoms with E-state index in [1.807, 2.05) is 37.3 Å². The summed E-state index contributed by atoms with van der Waals surface area (Å²) in [6, 6.07) is 26.2. The zero-order valence-electron chi connectivity index (χ0n) is 44.7. The van der Waals surface area contributed by atoms with Crippen LogP contribution in [0.2, 0.25) is 10.0 Å². The molecule has 5 heterocycles. The first-order valence-electron chi connectivity index (χ1n) is 25.3. The molecule has 4 aromatic carbocycles. The number of anilines is 9. The first-order chi connectivity index (χ1) is 36.7. The lowest BCUT2D eigenvalue weighted by Gasteiger charge is -2.42. The van der Waals surface area contributed by atoms with Crippen molar-refractivity contribution in [2.24, 2.45) is 0 Å². The average molecular weight is 1150 g/mol. The Labute approximate surface area is 462 Å². The van der Waals surface area contributed by atoms with Crippen LogP contribution in [-0.2, 0) is 23.9 Å². The molecular weight excluding hydrogens is 1080 g/mol. The van der Waals surface area contributed by atoms with Crippen molar-refractivity contribution in [3.05, 3.63) is 107 Å². The second kappa shape index (κ2) is 25.1. The van der Waals surface area contributed by atoms with Gasteiger partial charge in [0.05, 0.1) is 62.1 Å². The molecule has 9 rings (SSSR count). The molecule has 6 aromatic rings. The van der Waals surface area contributed by atoms with Gasteiger partial charge in [-0.05, 0) is 108 Å². The Kier molecular flexibility index (Phi) is 18.8. The van der Waals surface area contributed by atoms with Gasteiger partial charge in [0.2, 0.25) is 21.9 Å². The van der Waals surface area contributed by atoms with E-state index in [1.54, 1.807) is 70.2 Å². The molecule has 4 N–H and O–H groups in total. The van der Waals surface area contributed by atoms with Gasteiger partial charge in [0.1, 0.15) is 40.7 Å². The number of nitrogens with one attached hydrogen (secondary N) is 4. The second-order valence-electron chi connectivity index (χ2n) is 19.7. The number of sulfonamides is 1. The number of nitrogens with zero attached hydrogens (tertiary/aromatic N) is 8. The van der Waals surface area contributed by atoms with Crippen LogP contribution in [0.5, 0.6) is 11.5 Å². The van der Waals surface area contributed by atoms with Crippen LogP contribution in [0.25, 0.3) is 0 Å². The second-order valence-corrected chi connectivity index (χ2v) is 28.8. The lowest BCUT2D eigenvalue weighted by Crippen LogP contribution is -2.52. The van der Waals surface area contributed by atoms with Gasteiger partial charge in [-0.2, -0.15) is 14.3 Å². The summed E-state index contributed by atoms with van der Waals surface area (Å²) in [5, 5.41) is 14.8. The molecule has 24 heteroatoms. The normalized spacial score (nSPS) is 16.3. The number of hydrogen-bond acceptors (Lipinski definition) is 18. The average Bonchev–Trinajstić information content (AvgIpc) is 3.42. The van der Waals surface area contributed by atoms with Crippen LogP contribution in [0.3, 0.4) is 0 Å². The molecule has 0 atom stereocenters. The van der Waals surface area contributed by atoms with Crippen molar-refractivity contribution in [2.75, 3.05) is 140 Å². The molecule has 0 saturated carbocycles. The number of ether oxygens (including phenoxy) is 3. The summed E-state index contributed by atoms with van der Waals surface area (Å²) in [4.78, 5) is 25.5. The highest BCUT2D eigenvalue weighted by molar-refractivity contribution is 7.89. The number of benzene rings is 4. The number of methoxy groups -OCH3 is 2. The van der Waals surface area contributed by atoms with Crippen molar-refractivity contribution in [3.8, 4) is 11.5 Å². The topological polar surface area (TPSA) is 209 Å². The molecule has 77 heavy (non-hydrogen) atoms. The first-order valence-corrected chi connectivity index (χ1v) is 32.7. The van der Waals surface area contributed by atoms with Crippen molar-refractivity contribution < 1.29 is 31.8 Å². The monoisotopic (exact) mass is 1150 g/mol. The fourth-order valence-electron chi connectivity index (χ4n) is 9.25.